The Morgan fingerprint density at radius 1 is 1.50 bits per heavy atom. The van der Waals surface area contributed by atoms with Gasteiger partial charge in [-0.3, -0.25) is 9.79 Å². The normalized spacial score (nSPS) is 17.4. The maximum atomic E-state index is 10.2. The van der Waals surface area contributed by atoms with Crippen molar-refractivity contribution in [3.63, 3.8) is 0 Å². The summed E-state index contributed by atoms with van der Waals surface area (Å²) in [6.45, 7) is 1.20. The highest BCUT2D eigenvalue weighted by molar-refractivity contribution is 7.32. The first-order valence-electron chi connectivity index (χ1n) is 5.59. The van der Waals surface area contributed by atoms with E-state index in [0.717, 1.165) is 6.61 Å². The van der Waals surface area contributed by atoms with Crippen molar-refractivity contribution >= 4 is 20.7 Å². The SMILES string of the molecule is C1COOPC1.NC(N)=NCCCC(N)C(=O)O. The Morgan fingerprint density at radius 2 is 2.22 bits per heavy atom. The van der Waals surface area contributed by atoms with E-state index in [1.807, 2.05) is 0 Å². The molecule has 1 rings (SSSR count). The summed E-state index contributed by atoms with van der Waals surface area (Å²) < 4.78 is 4.60. The number of guanidine groups is 1. The maximum absolute atomic E-state index is 10.2. The van der Waals surface area contributed by atoms with Crippen LogP contribution in [0.3, 0.4) is 0 Å². The molecule has 9 heteroatoms. The zero-order valence-electron chi connectivity index (χ0n) is 10.2. The van der Waals surface area contributed by atoms with Crippen LogP contribution in [0.1, 0.15) is 19.3 Å². The standard InChI is InChI=1S/C6H14N4O2.C3H7O2P/c7-4(5(11)12)2-1-3-10-6(8)9;1-2-4-5-6-3-1/h4H,1-3,7H2,(H,11,12)(H4,8,9,10);6H,1-3H2. The first-order valence-corrected chi connectivity index (χ1v) is 6.70. The molecule has 2 unspecified atom stereocenters. The maximum Gasteiger partial charge on any atom is 0.320 e. The first kappa shape index (κ1) is 17.1. The Hall–Kier alpha value is -0.950. The molecular formula is C9H21N4O4P. The molecule has 1 heterocycles. The second kappa shape index (κ2) is 11.2. The number of nitrogens with zero attached hydrogens (tertiary/aromatic N) is 1. The second-order valence-electron chi connectivity index (χ2n) is 3.55. The van der Waals surface area contributed by atoms with Gasteiger partial charge in [0.2, 0.25) is 0 Å². The van der Waals surface area contributed by atoms with Gasteiger partial charge in [-0.05, 0) is 25.4 Å². The Bertz CT molecular complexity index is 245. The van der Waals surface area contributed by atoms with Crippen LogP contribution in [0, 0.1) is 0 Å². The van der Waals surface area contributed by atoms with Crippen molar-refractivity contribution < 1.29 is 19.5 Å². The predicted octanol–water partition coefficient (Wildman–Crippen LogP) is -0.616. The van der Waals surface area contributed by atoms with Crippen LogP contribution in [-0.2, 0) is 14.4 Å². The molecule has 1 aliphatic heterocycles. The average molecular weight is 280 g/mol. The minimum absolute atomic E-state index is 0.0129. The van der Waals surface area contributed by atoms with Crippen LogP contribution >= 0.6 is 8.81 Å². The monoisotopic (exact) mass is 280 g/mol. The Balaban J connectivity index is 0.000000397. The molecule has 1 fully saturated rings. The summed E-state index contributed by atoms with van der Waals surface area (Å²) in [6, 6.07) is -0.820. The van der Waals surface area contributed by atoms with Gasteiger partial charge in [0, 0.05) is 6.54 Å². The first-order chi connectivity index (χ1) is 8.54. The van der Waals surface area contributed by atoms with Crippen molar-refractivity contribution in [2.24, 2.45) is 22.2 Å². The number of rotatable bonds is 5. The Morgan fingerprint density at radius 3 is 2.56 bits per heavy atom. The molecule has 0 saturated carbocycles. The summed E-state index contributed by atoms with van der Waals surface area (Å²) in [7, 11) is 0.579. The summed E-state index contributed by atoms with van der Waals surface area (Å²) in [6.07, 6.45) is 3.30. The van der Waals surface area contributed by atoms with Gasteiger partial charge >= 0.3 is 5.97 Å². The number of carboxylic acids is 1. The Kier molecular flexibility index (Phi) is 10.6. The van der Waals surface area contributed by atoms with Crippen LogP contribution in [0.2, 0.25) is 0 Å². The highest BCUT2D eigenvalue weighted by Crippen LogP contribution is 2.17. The molecule has 7 N–H and O–H groups in total. The zero-order chi connectivity index (χ0) is 13.8. The minimum atomic E-state index is -1.00. The molecule has 1 saturated heterocycles. The van der Waals surface area contributed by atoms with Gasteiger partial charge in [-0.25, -0.2) is 9.56 Å². The lowest BCUT2D eigenvalue weighted by Gasteiger charge is -2.07. The molecule has 106 valence electrons. The third-order valence-electron chi connectivity index (χ3n) is 1.91. The van der Waals surface area contributed by atoms with Crippen LogP contribution in [0.15, 0.2) is 4.99 Å². The molecule has 0 aromatic carbocycles. The van der Waals surface area contributed by atoms with Crippen LogP contribution < -0.4 is 17.2 Å². The lowest BCUT2D eigenvalue weighted by molar-refractivity contribution is -0.202. The summed E-state index contributed by atoms with van der Waals surface area (Å²) in [5.74, 6) is -0.987. The summed E-state index contributed by atoms with van der Waals surface area (Å²) >= 11 is 0. The van der Waals surface area contributed by atoms with E-state index in [4.69, 9.17) is 22.3 Å². The third-order valence-corrected chi connectivity index (χ3v) is 2.70. The molecule has 2 atom stereocenters. The van der Waals surface area contributed by atoms with E-state index < -0.39 is 12.0 Å². The molecule has 1 aliphatic rings. The second-order valence-corrected chi connectivity index (χ2v) is 4.50. The number of carbonyl (C=O) groups is 1. The molecule has 0 aliphatic carbocycles. The largest absolute Gasteiger partial charge is 0.480 e. The molecular weight excluding hydrogens is 259 g/mol. The van der Waals surface area contributed by atoms with Crippen LogP contribution in [0.4, 0.5) is 0 Å². The highest BCUT2D eigenvalue weighted by Gasteiger charge is 2.09. The number of hydrogen-bond donors (Lipinski definition) is 4. The summed E-state index contributed by atoms with van der Waals surface area (Å²) in [5, 5.41) is 8.38. The number of hydrogen-bond acceptors (Lipinski definition) is 5. The minimum Gasteiger partial charge on any atom is -0.480 e. The summed E-state index contributed by atoms with van der Waals surface area (Å²) in [5.41, 5.74) is 15.3. The fraction of sp³-hybridized carbons (Fsp3) is 0.778. The molecule has 0 spiro atoms. The van der Waals surface area contributed by atoms with Gasteiger partial charge in [-0.2, -0.15) is 0 Å². The van der Waals surface area contributed by atoms with Crippen LogP contribution in [-0.4, -0.2) is 42.4 Å². The van der Waals surface area contributed by atoms with E-state index in [1.54, 1.807) is 0 Å². The third kappa shape index (κ3) is 11.5. The van der Waals surface area contributed by atoms with Gasteiger partial charge in [-0.1, -0.05) is 0 Å². The lowest BCUT2D eigenvalue weighted by Crippen LogP contribution is -2.30. The van der Waals surface area contributed by atoms with Crippen molar-refractivity contribution in [3.8, 4) is 0 Å². The fourth-order valence-electron chi connectivity index (χ4n) is 0.971. The molecule has 18 heavy (non-hydrogen) atoms. The molecule has 0 aromatic rings. The molecule has 0 amide bonds. The van der Waals surface area contributed by atoms with Crippen molar-refractivity contribution in [2.45, 2.75) is 25.3 Å². The smallest absolute Gasteiger partial charge is 0.320 e. The van der Waals surface area contributed by atoms with Crippen molar-refractivity contribution in [1.82, 2.24) is 0 Å². The van der Waals surface area contributed by atoms with E-state index in [-0.39, 0.29) is 5.96 Å². The number of nitrogens with two attached hydrogens (primary N) is 3. The van der Waals surface area contributed by atoms with E-state index in [9.17, 15) is 4.79 Å². The molecule has 8 nitrogen and oxygen atoms in total. The van der Waals surface area contributed by atoms with Crippen LogP contribution in [0.25, 0.3) is 0 Å². The van der Waals surface area contributed by atoms with Gasteiger partial charge in [0.05, 0.1) is 15.4 Å². The van der Waals surface area contributed by atoms with E-state index in [2.05, 4.69) is 14.6 Å². The van der Waals surface area contributed by atoms with E-state index in [0.29, 0.717) is 28.2 Å². The molecule has 0 radical (unpaired) electrons. The summed E-state index contributed by atoms with van der Waals surface area (Å²) in [4.78, 5) is 18.5. The zero-order valence-corrected chi connectivity index (χ0v) is 11.2. The predicted molar refractivity (Wildman–Crippen MR) is 70.4 cm³/mol. The Labute approximate surface area is 108 Å². The van der Waals surface area contributed by atoms with Gasteiger partial charge in [0.15, 0.2) is 5.96 Å². The van der Waals surface area contributed by atoms with Crippen molar-refractivity contribution in [2.75, 3.05) is 19.3 Å². The van der Waals surface area contributed by atoms with Crippen molar-refractivity contribution in [3.05, 3.63) is 0 Å². The topological polar surface area (TPSA) is 146 Å². The van der Waals surface area contributed by atoms with Gasteiger partial charge in [-0.15, -0.1) is 0 Å². The number of aliphatic carboxylic acids is 1. The molecule has 0 bridgehead atoms. The number of carboxylic acid groups (broad SMARTS) is 1. The molecule has 0 aromatic heterocycles. The quantitative estimate of drug-likeness (QED) is 0.172. The van der Waals surface area contributed by atoms with Gasteiger partial charge < -0.3 is 22.3 Å². The van der Waals surface area contributed by atoms with Crippen LogP contribution in [0.5, 0.6) is 0 Å². The van der Waals surface area contributed by atoms with Gasteiger partial charge in [0.1, 0.15) is 6.04 Å². The fourth-order valence-corrected chi connectivity index (χ4v) is 1.51. The highest BCUT2D eigenvalue weighted by atomic mass is 31.1. The van der Waals surface area contributed by atoms with Gasteiger partial charge in [0.25, 0.3) is 0 Å². The van der Waals surface area contributed by atoms with E-state index >= 15 is 0 Å². The lowest BCUT2D eigenvalue weighted by atomic mass is 10.2. The average Bonchev–Trinajstić information content (AvgIpc) is 2.37. The van der Waals surface area contributed by atoms with Crippen molar-refractivity contribution in [1.29, 1.82) is 0 Å². The van der Waals surface area contributed by atoms with E-state index in [1.165, 1.54) is 12.6 Å². The number of aliphatic imine (C=N–C) groups is 1.